The molecular weight excluding hydrogens is 442 g/mol. The lowest BCUT2D eigenvalue weighted by molar-refractivity contribution is -0.143. The first-order valence-electron chi connectivity index (χ1n) is 12.2. The van der Waals surface area contributed by atoms with Crippen LogP contribution < -0.4 is 10.6 Å². The van der Waals surface area contributed by atoms with Gasteiger partial charge in [-0.3, -0.25) is 9.59 Å². The van der Waals surface area contributed by atoms with E-state index >= 15 is 0 Å². The van der Waals surface area contributed by atoms with Crippen molar-refractivity contribution in [1.82, 2.24) is 15.5 Å². The summed E-state index contributed by atoms with van der Waals surface area (Å²) in [5.41, 5.74) is 3.00. The summed E-state index contributed by atoms with van der Waals surface area (Å²) in [4.78, 5) is 41.4. The SMILES string of the molecule is Cc1cccc(C)c1C(C(=O)NCc1ccccc1)N(C(=O)C(C)NC(=O)OC(C)(C)C)C1CC1. The van der Waals surface area contributed by atoms with Gasteiger partial charge in [0.2, 0.25) is 11.8 Å². The molecule has 0 aromatic heterocycles. The Morgan fingerprint density at radius 3 is 2.14 bits per heavy atom. The molecule has 2 aromatic rings. The average molecular weight is 480 g/mol. The molecule has 0 bridgehead atoms. The van der Waals surface area contributed by atoms with Gasteiger partial charge in [0.05, 0.1) is 0 Å². The van der Waals surface area contributed by atoms with Crippen LogP contribution in [-0.4, -0.2) is 40.5 Å². The highest BCUT2D eigenvalue weighted by atomic mass is 16.6. The molecule has 1 saturated carbocycles. The minimum atomic E-state index is -0.848. The summed E-state index contributed by atoms with van der Waals surface area (Å²) in [5, 5.41) is 5.68. The third kappa shape index (κ3) is 7.07. The fourth-order valence-electron chi connectivity index (χ4n) is 4.18. The highest BCUT2D eigenvalue weighted by Gasteiger charge is 2.44. The lowest BCUT2D eigenvalue weighted by Gasteiger charge is -2.35. The molecule has 0 heterocycles. The lowest BCUT2D eigenvalue weighted by Crippen LogP contribution is -2.53. The zero-order valence-electron chi connectivity index (χ0n) is 21.6. The van der Waals surface area contributed by atoms with E-state index in [1.807, 2.05) is 62.4 Å². The van der Waals surface area contributed by atoms with Crippen molar-refractivity contribution in [2.45, 2.75) is 84.7 Å². The van der Waals surface area contributed by atoms with E-state index in [0.29, 0.717) is 6.54 Å². The second-order valence-electron chi connectivity index (χ2n) is 10.3. The minimum Gasteiger partial charge on any atom is -0.444 e. The smallest absolute Gasteiger partial charge is 0.408 e. The first-order chi connectivity index (χ1) is 16.5. The van der Waals surface area contributed by atoms with Crippen LogP contribution in [-0.2, 0) is 20.9 Å². The summed E-state index contributed by atoms with van der Waals surface area (Å²) in [6, 6.07) is 13.8. The number of carbonyl (C=O) groups is 3. The van der Waals surface area contributed by atoms with E-state index in [9.17, 15) is 14.4 Å². The number of nitrogens with one attached hydrogen (secondary N) is 2. The molecule has 0 spiro atoms. The molecule has 0 saturated heterocycles. The number of hydrogen-bond acceptors (Lipinski definition) is 4. The Morgan fingerprint density at radius 2 is 1.60 bits per heavy atom. The Labute approximate surface area is 208 Å². The van der Waals surface area contributed by atoms with Crippen molar-refractivity contribution in [3.63, 3.8) is 0 Å². The summed E-state index contributed by atoms with van der Waals surface area (Å²) in [6.07, 6.45) is 0.975. The van der Waals surface area contributed by atoms with Crippen molar-refractivity contribution in [1.29, 1.82) is 0 Å². The fourth-order valence-corrected chi connectivity index (χ4v) is 4.18. The van der Waals surface area contributed by atoms with Gasteiger partial charge in [0.1, 0.15) is 17.7 Å². The fraction of sp³-hybridized carbons (Fsp3) is 0.464. The van der Waals surface area contributed by atoms with E-state index in [1.165, 1.54) is 0 Å². The van der Waals surface area contributed by atoms with Crippen LogP contribution in [0, 0.1) is 13.8 Å². The summed E-state index contributed by atoms with van der Waals surface area (Å²) >= 11 is 0. The van der Waals surface area contributed by atoms with Crippen molar-refractivity contribution < 1.29 is 19.1 Å². The van der Waals surface area contributed by atoms with Crippen molar-refractivity contribution in [2.75, 3.05) is 0 Å². The number of amides is 3. The van der Waals surface area contributed by atoms with Gasteiger partial charge in [-0.25, -0.2) is 4.79 Å². The van der Waals surface area contributed by atoms with E-state index < -0.39 is 23.8 Å². The van der Waals surface area contributed by atoms with Crippen LogP contribution in [0.2, 0.25) is 0 Å². The van der Waals surface area contributed by atoms with Gasteiger partial charge in [-0.2, -0.15) is 0 Å². The largest absolute Gasteiger partial charge is 0.444 e. The van der Waals surface area contributed by atoms with Gasteiger partial charge in [-0.15, -0.1) is 0 Å². The highest BCUT2D eigenvalue weighted by Crippen LogP contribution is 2.37. The monoisotopic (exact) mass is 479 g/mol. The summed E-state index contributed by atoms with van der Waals surface area (Å²) in [6.45, 7) is 11.2. The molecule has 3 amide bonds. The van der Waals surface area contributed by atoms with Gasteiger partial charge >= 0.3 is 6.09 Å². The number of aryl methyl sites for hydroxylation is 2. The molecule has 7 nitrogen and oxygen atoms in total. The molecule has 0 radical (unpaired) electrons. The number of carbonyl (C=O) groups excluding carboxylic acids is 3. The maximum absolute atomic E-state index is 13.7. The molecule has 2 N–H and O–H groups in total. The van der Waals surface area contributed by atoms with Crippen LogP contribution in [0.25, 0.3) is 0 Å². The van der Waals surface area contributed by atoms with Gasteiger partial charge in [0.25, 0.3) is 0 Å². The maximum Gasteiger partial charge on any atom is 0.408 e. The third-order valence-corrected chi connectivity index (χ3v) is 5.95. The van der Waals surface area contributed by atoms with Gasteiger partial charge < -0.3 is 20.3 Å². The number of rotatable bonds is 8. The first-order valence-corrected chi connectivity index (χ1v) is 12.2. The topological polar surface area (TPSA) is 87.7 Å². The molecule has 7 heteroatoms. The van der Waals surface area contributed by atoms with Crippen molar-refractivity contribution >= 4 is 17.9 Å². The van der Waals surface area contributed by atoms with Crippen LogP contribution in [0.1, 0.15) is 68.8 Å². The zero-order chi connectivity index (χ0) is 25.8. The van der Waals surface area contributed by atoms with Crippen molar-refractivity contribution in [3.8, 4) is 0 Å². The summed E-state index contributed by atoms with van der Waals surface area (Å²) < 4.78 is 5.33. The van der Waals surface area contributed by atoms with E-state index in [4.69, 9.17) is 4.74 Å². The minimum absolute atomic E-state index is 0.0585. The summed E-state index contributed by atoms with van der Waals surface area (Å²) in [5.74, 6) is -0.545. The number of hydrogen-bond donors (Lipinski definition) is 2. The molecule has 2 atom stereocenters. The van der Waals surface area contributed by atoms with E-state index in [0.717, 1.165) is 35.1 Å². The maximum atomic E-state index is 13.7. The van der Waals surface area contributed by atoms with Crippen molar-refractivity contribution in [3.05, 3.63) is 70.8 Å². The molecule has 1 aliphatic rings. The highest BCUT2D eigenvalue weighted by molar-refractivity contribution is 5.92. The molecule has 1 fully saturated rings. The summed E-state index contributed by atoms with van der Waals surface area (Å²) in [7, 11) is 0. The predicted octanol–water partition coefficient (Wildman–Crippen LogP) is 4.57. The lowest BCUT2D eigenvalue weighted by atomic mass is 9.93. The van der Waals surface area contributed by atoms with Gasteiger partial charge in [0, 0.05) is 12.6 Å². The number of nitrogens with zero attached hydrogens (tertiary/aromatic N) is 1. The van der Waals surface area contributed by atoms with Crippen LogP contribution in [0.3, 0.4) is 0 Å². The molecule has 35 heavy (non-hydrogen) atoms. The number of alkyl carbamates (subject to hydrolysis) is 1. The Morgan fingerprint density at radius 1 is 1.00 bits per heavy atom. The molecule has 0 aliphatic heterocycles. The second-order valence-corrected chi connectivity index (χ2v) is 10.3. The van der Waals surface area contributed by atoms with Gasteiger partial charge in [-0.1, -0.05) is 48.5 Å². The third-order valence-electron chi connectivity index (χ3n) is 5.95. The Hall–Kier alpha value is -3.35. The average Bonchev–Trinajstić information content (AvgIpc) is 3.60. The van der Waals surface area contributed by atoms with E-state index in [2.05, 4.69) is 10.6 Å². The van der Waals surface area contributed by atoms with Crippen LogP contribution in [0.15, 0.2) is 48.5 Å². The van der Waals surface area contributed by atoms with Crippen LogP contribution in [0.5, 0.6) is 0 Å². The molecule has 1 aliphatic carbocycles. The van der Waals surface area contributed by atoms with Crippen molar-refractivity contribution in [2.24, 2.45) is 0 Å². The Balaban J connectivity index is 1.91. The molecule has 2 aromatic carbocycles. The first kappa shape index (κ1) is 26.3. The number of benzene rings is 2. The van der Waals surface area contributed by atoms with Crippen LogP contribution >= 0.6 is 0 Å². The molecule has 2 unspecified atom stereocenters. The second kappa shape index (κ2) is 10.9. The Bertz CT molecular complexity index is 1040. The van der Waals surface area contributed by atoms with Crippen LogP contribution in [0.4, 0.5) is 4.79 Å². The number of ether oxygens (including phenoxy) is 1. The van der Waals surface area contributed by atoms with E-state index in [1.54, 1.807) is 32.6 Å². The standard InChI is InChI=1S/C28H37N3O4/c1-18-11-10-12-19(2)23(18)24(25(32)29-17-21-13-8-7-9-14-21)31(22-15-16-22)26(33)20(3)30-27(34)35-28(4,5)6/h7-14,20,22,24H,15-17H2,1-6H3,(H,29,32)(H,30,34). The quantitative estimate of drug-likeness (QED) is 0.581. The normalized spacial score (nSPS) is 15.0. The van der Waals surface area contributed by atoms with Gasteiger partial charge in [0.15, 0.2) is 0 Å². The Kier molecular flexibility index (Phi) is 8.20. The zero-order valence-corrected chi connectivity index (χ0v) is 21.6. The molecule has 188 valence electrons. The van der Waals surface area contributed by atoms with E-state index in [-0.39, 0.29) is 17.9 Å². The predicted molar refractivity (Wildman–Crippen MR) is 136 cm³/mol. The molecule has 3 rings (SSSR count). The van der Waals surface area contributed by atoms with Gasteiger partial charge in [-0.05, 0) is 76.6 Å². The molecular formula is C28H37N3O4.